The Hall–Kier alpha value is -1.83. The average molecular weight is 284 g/mol. The topological polar surface area (TPSA) is 69.4 Å². The number of carbonyl (C=O) groups excluding carboxylic acids is 1. The number of esters is 1. The first-order chi connectivity index (χ1) is 8.18. The van der Waals surface area contributed by atoms with Crippen LogP contribution in [0.5, 0.6) is 0 Å². The van der Waals surface area contributed by atoms with Crippen molar-refractivity contribution in [3.8, 4) is 0 Å². The highest BCUT2D eigenvalue weighted by molar-refractivity contribution is 6.33. The molecule has 18 heavy (non-hydrogen) atoms. The van der Waals surface area contributed by atoms with E-state index in [1.807, 2.05) is 0 Å². The monoisotopic (exact) mass is 283 g/mol. The Morgan fingerprint density at radius 2 is 2.00 bits per heavy atom. The Kier molecular flexibility index (Phi) is 3.80. The van der Waals surface area contributed by atoms with Crippen molar-refractivity contribution in [2.24, 2.45) is 0 Å². The van der Waals surface area contributed by atoms with E-state index in [0.29, 0.717) is 12.1 Å². The molecule has 98 valence electrons. The summed E-state index contributed by atoms with van der Waals surface area (Å²) >= 11 is 5.39. The van der Waals surface area contributed by atoms with Gasteiger partial charge in [0.15, 0.2) is 0 Å². The molecule has 0 spiro atoms. The maximum atomic E-state index is 12.5. The Bertz CT molecular complexity index is 515. The fourth-order valence-corrected chi connectivity index (χ4v) is 1.50. The lowest BCUT2D eigenvalue weighted by molar-refractivity contribution is -0.385. The van der Waals surface area contributed by atoms with Crippen LogP contribution < -0.4 is 0 Å². The molecule has 0 saturated heterocycles. The molecule has 0 aromatic heterocycles. The zero-order chi connectivity index (χ0) is 14.1. The minimum atomic E-state index is -4.78. The van der Waals surface area contributed by atoms with E-state index in [1.54, 1.807) is 0 Å². The predicted molar refractivity (Wildman–Crippen MR) is 54.4 cm³/mol. The van der Waals surface area contributed by atoms with Crippen LogP contribution in [-0.4, -0.2) is 18.0 Å². The first-order valence-electron chi connectivity index (χ1n) is 4.32. The number of halogens is 4. The van der Waals surface area contributed by atoms with Crippen LogP contribution in [0, 0.1) is 10.1 Å². The predicted octanol–water partition coefficient (Wildman–Crippen LogP) is 3.05. The number of ether oxygens (including phenoxy) is 1. The summed E-state index contributed by atoms with van der Waals surface area (Å²) in [7, 11) is 0.889. The van der Waals surface area contributed by atoms with Crippen LogP contribution in [0.15, 0.2) is 12.1 Å². The molecule has 0 radical (unpaired) electrons. The Morgan fingerprint density at radius 1 is 1.44 bits per heavy atom. The first-order valence-corrected chi connectivity index (χ1v) is 4.69. The van der Waals surface area contributed by atoms with Gasteiger partial charge in [-0.25, -0.2) is 4.79 Å². The van der Waals surface area contributed by atoms with E-state index in [0.717, 1.165) is 7.11 Å². The number of nitrogens with zero attached hydrogens (tertiary/aromatic N) is 1. The van der Waals surface area contributed by atoms with Crippen LogP contribution in [0.2, 0.25) is 5.02 Å². The molecule has 0 aliphatic rings. The number of nitro groups is 1. The molecule has 1 rings (SSSR count). The van der Waals surface area contributed by atoms with Crippen molar-refractivity contribution >= 4 is 23.3 Å². The van der Waals surface area contributed by atoms with Gasteiger partial charge in [0.1, 0.15) is 10.6 Å². The largest absolute Gasteiger partial charge is 0.465 e. The fourth-order valence-electron chi connectivity index (χ4n) is 1.21. The summed E-state index contributed by atoms with van der Waals surface area (Å²) in [5.74, 6) is -1.27. The molecular weight excluding hydrogens is 279 g/mol. The van der Waals surface area contributed by atoms with Gasteiger partial charge in [-0.2, -0.15) is 13.2 Å². The maximum absolute atomic E-state index is 12.5. The SMILES string of the molecule is COC(=O)c1cc(C(F)(F)F)cc(Cl)c1[N+](=O)[O-]. The van der Waals surface area contributed by atoms with Crippen LogP contribution >= 0.6 is 11.6 Å². The summed E-state index contributed by atoms with van der Waals surface area (Å²) in [6.07, 6.45) is -4.78. The highest BCUT2D eigenvalue weighted by Crippen LogP contribution is 2.37. The van der Waals surface area contributed by atoms with E-state index in [-0.39, 0.29) is 0 Å². The molecule has 5 nitrogen and oxygen atoms in total. The summed E-state index contributed by atoms with van der Waals surface area (Å²) in [4.78, 5) is 20.8. The van der Waals surface area contributed by atoms with E-state index in [9.17, 15) is 28.1 Å². The Balaban J connectivity index is 3.57. The molecule has 0 aliphatic carbocycles. The van der Waals surface area contributed by atoms with E-state index < -0.39 is 38.9 Å². The smallest absolute Gasteiger partial charge is 0.416 e. The number of benzene rings is 1. The average Bonchev–Trinajstić information content (AvgIpc) is 2.25. The van der Waals surface area contributed by atoms with Gasteiger partial charge in [-0.1, -0.05) is 11.6 Å². The molecule has 0 atom stereocenters. The van der Waals surface area contributed by atoms with Crippen LogP contribution in [-0.2, 0) is 10.9 Å². The molecule has 0 aliphatic heterocycles. The second-order valence-corrected chi connectivity index (χ2v) is 3.51. The Morgan fingerprint density at radius 3 is 2.39 bits per heavy atom. The minimum Gasteiger partial charge on any atom is -0.465 e. The molecule has 0 unspecified atom stereocenters. The van der Waals surface area contributed by atoms with Gasteiger partial charge in [-0.3, -0.25) is 10.1 Å². The lowest BCUT2D eigenvalue weighted by Crippen LogP contribution is -2.11. The molecule has 0 fully saturated rings. The number of rotatable bonds is 2. The van der Waals surface area contributed by atoms with Gasteiger partial charge in [0.05, 0.1) is 17.6 Å². The highest BCUT2D eigenvalue weighted by atomic mass is 35.5. The number of hydrogen-bond donors (Lipinski definition) is 0. The lowest BCUT2D eigenvalue weighted by atomic mass is 10.1. The van der Waals surface area contributed by atoms with E-state index >= 15 is 0 Å². The van der Waals surface area contributed by atoms with E-state index in [4.69, 9.17) is 11.6 Å². The van der Waals surface area contributed by atoms with Crippen molar-refractivity contribution < 1.29 is 27.6 Å². The van der Waals surface area contributed by atoms with Gasteiger partial charge in [0.25, 0.3) is 0 Å². The van der Waals surface area contributed by atoms with Gasteiger partial charge in [-0.15, -0.1) is 0 Å². The number of methoxy groups -OCH3 is 1. The third-order valence-electron chi connectivity index (χ3n) is 1.98. The molecule has 9 heteroatoms. The molecule has 0 saturated carbocycles. The van der Waals surface area contributed by atoms with Gasteiger partial charge in [0, 0.05) is 0 Å². The lowest BCUT2D eigenvalue weighted by Gasteiger charge is -2.09. The van der Waals surface area contributed by atoms with Crippen molar-refractivity contribution in [2.75, 3.05) is 7.11 Å². The highest BCUT2D eigenvalue weighted by Gasteiger charge is 2.36. The zero-order valence-electron chi connectivity index (χ0n) is 8.75. The third kappa shape index (κ3) is 2.70. The van der Waals surface area contributed by atoms with Crippen LogP contribution in [0.3, 0.4) is 0 Å². The first kappa shape index (κ1) is 14.2. The van der Waals surface area contributed by atoms with Crippen LogP contribution in [0.1, 0.15) is 15.9 Å². The molecule has 0 N–H and O–H groups in total. The number of alkyl halides is 3. The minimum absolute atomic E-state index is 0.329. The molecular formula is C9H5ClF3NO4. The number of hydrogen-bond acceptors (Lipinski definition) is 4. The van der Waals surface area contributed by atoms with Crippen molar-refractivity contribution in [1.82, 2.24) is 0 Å². The zero-order valence-corrected chi connectivity index (χ0v) is 9.50. The normalized spacial score (nSPS) is 11.2. The third-order valence-corrected chi connectivity index (χ3v) is 2.27. The number of carbonyl (C=O) groups is 1. The van der Waals surface area contributed by atoms with Crippen molar-refractivity contribution in [1.29, 1.82) is 0 Å². The quantitative estimate of drug-likeness (QED) is 0.475. The van der Waals surface area contributed by atoms with Gasteiger partial charge in [0.2, 0.25) is 0 Å². The Labute approximate surface area is 103 Å². The van der Waals surface area contributed by atoms with Crippen LogP contribution in [0.25, 0.3) is 0 Å². The fraction of sp³-hybridized carbons (Fsp3) is 0.222. The maximum Gasteiger partial charge on any atom is 0.416 e. The van der Waals surface area contributed by atoms with Crippen molar-refractivity contribution in [2.45, 2.75) is 6.18 Å². The molecule has 1 aromatic rings. The molecule has 0 amide bonds. The molecule has 1 aromatic carbocycles. The van der Waals surface area contributed by atoms with Gasteiger partial charge >= 0.3 is 17.8 Å². The van der Waals surface area contributed by atoms with Gasteiger partial charge in [-0.05, 0) is 12.1 Å². The molecule has 0 heterocycles. The van der Waals surface area contributed by atoms with Crippen molar-refractivity contribution in [3.63, 3.8) is 0 Å². The summed E-state index contributed by atoms with van der Waals surface area (Å²) in [6.45, 7) is 0. The number of nitro benzene ring substituents is 1. The van der Waals surface area contributed by atoms with Gasteiger partial charge < -0.3 is 4.74 Å². The van der Waals surface area contributed by atoms with E-state index in [2.05, 4.69) is 4.74 Å². The summed E-state index contributed by atoms with van der Waals surface area (Å²) in [5, 5.41) is 9.87. The summed E-state index contributed by atoms with van der Waals surface area (Å²) in [5.41, 5.74) is -3.03. The molecule has 0 bridgehead atoms. The summed E-state index contributed by atoms with van der Waals surface area (Å²) in [6, 6.07) is 0.710. The summed E-state index contributed by atoms with van der Waals surface area (Å²) < 4.78 is 41.6. The second-order valence-electron chi connectivity index (χ2n) is 3.10. The van der Waals surface area contributed by atoms with Crippen LogP contribution in [0.4, 0.5) is 18.9 Å². The van der Waals surface area contributed by atoms with E-state index in [1.165, 1.54) is 0 Å². The van der Waals surface area contributed by atoms with Crippen molar-refractivity contribution in [3.05, 3.63) is 38.4 Å². The standard InChI is InChI=1S/C9H5ClF3NO4/c1-18-8(15)5-2-4(9(11,12)13)3-6(10)7(5)14(16)17/h2-3H,1H3. The second kappa shape index (κ2) is 4.81.